The van der Waals surface area contributed by atoms with E-state index in [1.54, 1.807) is 13.8 Å². The van der Waals surface area contributed by atoms with E-state index in [0.29, 0.717) is 12.1 Å². The summed E-state index contributed by atoms with van der Waals surface area (Å²) in [6.07, 6.45) is 5.71. The summed E-state index contributed by atoms with van der Waals surface area (Å²) in [6, 6.07) is 9.65. The van der Waals surface area contributed by atoms with Gasteiger partial charge in [-0.15, -0.1) is 0 Å². The molecule has 1 aliphatic carbocycles. The van der Waals surface area contributed by atoms with Gasteiger partial charge in [-0.25, -0.2) is 0 Å². The van der Waals surface area contributed by atoms with Crippen LogP contribution in [-0.4, -0.2) is 34.1 Å². The summed E-state index contributed by atoms with van der Waals surface area (Å²) in [5, 5.41) is 10.1. The minimum atomic E-state index is -0.859. The van der Waals surface area contributed by atoms with Crippen molar-refractivity contribution in [2.75, 3.05) is 6.54 Å². The summed E-state index contributed by atoms with van der Waals surface area (Å²) in [5.41, 5.74) is -0.149. The van der Waals surface area contributed by atoms with Crippen molar-refractivity contribution in [1.82, 2.24) is 4.90 Å². The smallest absolute Gasteiger partial charge is 0.254 e. The molecule has 2 rings (SSSR count). The first-order chi connectivity index (χ1) is 9.47. The molecule has 0 bridgehead atoms. The standard InChI is InChI=1S/C17H25NO2/c1-17(2,20)13-18(15-11-7-4-8-12-15)16(19)14-9-5-3-6-10-14/h3,5-6,9-10,15,20H,4,7-8,11-13H2,1-2H3. The van der Waals surface area contributed by atoms with Crippen molar-refractivity contribution < 1.29 is 9.90 Å². The Hall–Kier alpha value is -1.35. The van der Waals surface area contributed by atoms with Crippen LogP contribution in [0.15, 0.2) is 30.3 Å². The largest absolute Gasteiger partial charge is 0.389 e. The van der Waals surface area contributed by atoms with Crippen molar-refractivity contribution in [1.29, 1.82) is 0 Å². The van der Waals surface area contributed by atoms with E-state index in [9.17, 15) is 9.90 Å². The fourth-order valence-electron chi connectivity index (χ4n) is 2.92. The maximum absolute atomic E-state index is 12.7. The second kappa shape index (κ2) is 6.40. The van der Waals surface area contributed by atoms with Crippen LogP contribution < -0.4 is 0 Å². The van der Waals surface area contributed by atoms with E-state index >= 15 is 0 Å². The highest BCUT2D eigenvalue weighted by atomic mass is 16.3. The number of hydrogen-bond donors (Lipinski definition) is 1. The molecule has 1 N–H and O–H groups in total. The summed E-state index contributed by atoms with van der Waals surface area (Å²) >= 11 is 0. The van der Waals surface area contributed by atoms with Gasteiger partial charge in [-0.05, 0) is 38.8 Å². The van der Waals surface area contributed by atoms with Gasteiger partial charge in [0.25, 0.3) is 5.91 Å². The van der Waals surface area contributed by atoms with Gasteiger partial charge in [-0.2, -0.15) is 0 Å². The molecule has 0 aromatic heterocycles. The zero-order chi connectivity index (χ0) is 14.6. The fraction of sp³-hybridized carbons (Fsp3) is 0.588. The topological polar surface area (TPSA) is 40.5 Å². The molecule has 0 radical (unpaired) electrons. The predicted molar refractivity (Wildman–Crippen MR) is 80.6 cm³/mol. The van der Waals surface area contributed by atoms with Crippen molar-refractivity contribution in [3.63, 3.8) is 0 Å². The first-order valence-corrected chi connectivity index (χ1v) is 7.56. The molecule has 1 aromatic rings. The second-order valence-corrected chi connectivity index (χ2v) is 6.40. The Labute approximate surface area is 121 Å². The molecule has 0 saturated heterocycles. The fourth-order valence-corrected chi connectivity index (χ4v) is 2.92. The van der Waals surface area contributed by atoms with Gasteiger partial charge in [0.15, 0.2) is 0 Å². The van der Waals surface area contributed by atoms with E-state index in [4.69, 9.17) is 0 Å². The molecule has 1 saturated carbocycles. The van der Waals surface area contributed by atoms with Gasteiger partial charge in [-0.1, -0.05) is 37.5 Å². The third-order valence-electron chi connectivity index (χ3n) is 3.85. The number of nitrogens with zero attached hydrogens (tertiary/aromatic N) is 1. The van der Waals surface area contributed by atoms with Crippen molar-refractivity contribution in [3.05, 3.63) is 35.9 Å². The molecule has 3 nitrogen and oxygen atoms in total. The van der Waals surface area contributed by atoms with Crippen molar-refractivity contribution in [2.45, 2.75) is 57.6 Å². The average molecular weight is 275 g/mol. The Morgan fingerprint density at radius 1 is 1.20 bits per heavy atom. The first-order valence-electron chi connectivity index (χ1n) is 7.56. The Kier molecular flexibility index (Phi) is 4.81. The molecule has 0 unspecified atom stereocenters. The summed E-state index contributed by atoms with van der Waals surface area (Å²) in [5.74, 6) is 0.0413. The van der Waals surface area contributed by atoms with Crippen LogP contribution >= 0.6 is 0 Å². The number of benzene rings is 1. The molecule has 20 heavy (non-hydrogen) atoms. The highest BCUT2D eigenvalue weighted by molar-refractivity contribution is 5.94. The van der Waals surface area contributed by atoms with Crippen LogP contribution in [0.5, 0.6) is 0 Å². The van der Waals surface area contributed by atoms with Gasteiger partial charge in [0.1, 0.15) is 0 Å². The first kappa shape index (κ1) is 15.0. The normalized spacial score (nSPS) is 16.9. The zero-order valence-corrected chi connectivity index (χ0v) is 12.5. The Morgan fingerprint density at radius 3 is 2.35 bits per heavy atom. The van der Waals surface area contributed by atoms with Crippen molar-refractivity contribution >= 4 is 5.91 Å². The Balaban J connectivity index is 2.19. The lowest BCUT2D eigenvalue weighted by Crippen LogP contribution is -2.48. The van der Waals surface area contributed by atoms with Crippen molar-refractivity contribution in [3.8, 4) is 0 Å². The van der Waals surface area contributed by atoms with Gasteiger partial charge < -0.3 is 10.0 Å². The highest BCUT2D eigenvalue weighted by Crippen LogP contribution is 2.25. The van der Waals surface area contributed by atoms with Crippen LogP contribution in [0.3, 0.4) is 0 Å². The van der Waals surface area contributed by atoms with Crippen LogP contribution in [0.2, 0.25) is 0 Å². The van der Waals surface area contributed by atoms with Crippen LogP contribution in [0.4, 0.5) is 0 Å². The predicted octanol–water partition coefficient (Wildman–Crippen LogP) is 3.23. The molecule has 1 fully saturated rings. The van der Waals surface area contributed by atoms with Gasteiger partial charge in [0.05, 0.1) is 5.60 Å². The van der Waals surface area contributed by atoms with Crippen LogP contribution in [0, 0.1) is 0 Å². The lowest BCUT2D eigenvalue weighted by molar-refractivity contribution is 0.0134. The maximum atomic E-state index is 12.7. The average Bonchev–Trinajstić information content (AvgIpc) is 2.45. The number of aliphatic hydroxyl groups is 1. The molecule has 110 valence electrons. The summed E-state index contributed by atoms with van der Waals surface area (Å²) in [4.78, 5) is 14.6. The third-order valence-corrected chi connectivity index (χ3v) is 3.85. The molecule has 3 heteroatoms. The molecule has 0 aliphatic heterocycles. The van der Waals surface area contributed by atoms with E-state index in [1.165, 1.54) is 19.3 Å². The summed E-state index contributed by atoms with van der Waals surface area (Å²) in [6.45, 7) is 3.92. The van der Waals surface area contributed by atoms with Gasteiger partial charge in [-0.3, -0.25) is 4.79 Å². The summed E-state index contributed by atoms with van der Waals surface area (Å²) in [7, 11) is 0. The highest BCUT2D eigenvalue weighted by Gasteiger charge is 2.30. The van der Waals surface area contributed by atoms with E-state index in [1.807, 2.05) is 35.2 Å². The molecule has 1 aromatic carbocycles. The Bertz CT molecular complexity index is 430. The van der Waals surface area contributed by atoms with Gasteiger partial charge in [0, 0.05) is 18.2 Å². The molecule has 0 heterocycles. The number of carbonyl (C=O) groups is 1. The molecular weight excluding hydrogens is 250 g/mol. The third kappa shape index (κ3) is 4.07. The number of carbonyl (C=O) groups excluding carboxylic acids is 1. The lowest BCUT2D eigenvalue weighted by atomic mass is 9.92. The number of hydrogen-bond acceptors (Lipinski definition) is 2. The molecule has 1 amide bonds. The number of amides is 1. The lowest BCUT2D eigenvalue weighted by Gasteiger charge is -2.37. The molecule has 1 aliphatic rings. The number of rotatable bonds is 4. The minimum Gasteiger partial charge on any atom is -0.389 e. The van der Waals surface area contributed by atoms with Crippen LogP contribution in [0.25, 0.3) is 0 Å². The van der Waals surface area contributed by atoms with Crippen LogP contribution in [0.1, 0.15) is 56.3 Å². The van der Waals surface area contributed by atoms with Crippen molar-refractivity contribution in [2.24, 2.45) is 0 Å². The van der Waals surface area contributed by atoms with Crippen LogP contribution in [-0.2, 0) is 0 Å². The minimum absolute atomic E-state index is 0.0413. The maximum Gasteiger partial charge on any atom is 0.254 e. The van der Waals surface area contributed by atoms with E-state index in [0.717, 1.165) is 12.8 Å². The second-order valence-electron chi connectivity index (χ2n) is 6.40. The van der Waals surface area contributed by atoms with Gasteiger partial charge in [0.2, 0.25) is 0 Å². The summed E-state index contributed by atoms with van der Waals surface area (Å²) < 4.78 is 0. The molecular formula is C17H25NO2. The quantitative estimate of drug-likeness (QED) is 0.916. The van der Waals surface area contributed by atoms with Gasteiger partial charge >= 0.3 is 0 Å². The Morgan fingerprint density at radius 2 is 1.80 bits per heavy atom. The van der Waals surface area contributed by atoms with E-state index < -0.39 is 5.60 Å². The monoisotopic (exact) mass is 275 g/mol. The van der Waals surface area contributed by atoms with E-state index in [-0.39, 0.29) is 11.9 Å². The molecule has 0 spiro atoms. The zero-order valence-electron chi connectivity index (χ0n) is 12.5. The SMILES string of the molecule is CC(C)(O)CN(C(=O)c1ccccc1)C1CCCCC1. The van der Waals surface area contributed by atoms with E-state index in [2.05, 4.69) is 0 Å². The molecule has 0 atom stereocenters.